The Morgan fingerprint density at radius 3 is 2.57 bits per heavy atom. The van der Waals surface area contributed by atoms with E-state index in [-0.39, 0.29) is 41.9 Å². The van der Waals surface area contributed by atoms with E-state index < -0.39 is 11.9 Å². The first kappa shape index (κ1) is 24.9. The van der Waals surface area contributed by atoms with Crippen LogP contribution < -0.4 is 10.6 Å². The zero-order valence-corrected chi connectivity index (χ0v) is 19.0. The average molecular weight is 534 g/mol. The molecule has 1 aliphatic rings. The van der Waals surface area contributed by atoms with Gasteiger partial charge in [-0.3, -0.25) is 9.79 Å². The van der Waals surface area contributed by atoms with Crippen LogP contribution >= 0.6 is 35.3 Å². The van der Waals surface area contributed by atoms with E-state index >= 15 is 0 Å². The monoisotopic (exact) mass is 534 g/mol. The highest BCUT2D eigenvalue weighted by Gasteiger charge is 2.33. The van der Waals surface area contributed by atoms with Gasteiger partial charge in [-0.05, 0) is 32.6 Å². The van der Waals surface area contributed by atoms with Crippen LogP contribution in [0, 0.1) is 5.92 Å². The maximum atomic E-state index is 12.6. The fourth-order valence-electron chi connectivity index (χ4n) is 2.97. The first-order valence-corrected chi connectivity index (χ1v) is 9.86. The lowest BCUT2D eigenvalue weighted by Gasteiger charge is -2.29. The first-order chi connectivity index (χ1) is 12.8. The molecule has 0 aliphatic heterocycles. The van der Waals surface area contributed by atoms with Crippen molar-refractivity contribution in [2.24, 2.45) is 10.9 Å². The Bertz CT molecular complexity index is 647. The molecule has 0 spiro atoms. The third-order valence-electron chi connectivity index (χ3n) is 4.39. The summed E-state index contributed by atoms with van der Waals surface area (Å²) in [6.07, 6.45) is -0.796. The van der Waals surface area contributed by atoms with Crippen LogP contribution in [0.5, 0.6) is 0 Å². The number of aromatic nitrogens is 1. The quantitative estimate of drug-likeness (QED) is 0.253. The number of guanidine groups is 1. The number of hydrogen-bond acceptors (Lipinski definition) is 5. The van der Waals surface area contributed by atoms with Crippen molar-refractivity contribution < 1.29 is 22.7 Å². The minimum atomic E-state index is -4.40. The molecule has 1 aromatic heterocycles. The molecule has 1 aromatic rings. The number of alkyl halides is 3. The maximum Gasteiger partial charge on any atom is 0.434 e. The van der Waals surface area contributed by atoms with Gasteiger partial charge in [-0.25, -0.2) is 4.98 Å². The van der Waals surface area contributed by atoms with Crippen molar-refractivity contribution >= 4 is 47.2 Å². The van der Waals surface area contributed by atoms with Gasteiger partial charge in [-0.2, -0.15) is 13.2 Å². The molecule has 28 heavy (non-hydrogen) atoms. The molecule has 0 saturated heterocycles. The largest absolute Gasteiger partial charge is 0.466 e. The van der Waals surface area contributed by atoms with Crippen molar-refractivity contribution in [1.82, 2.24) is 15.6 Å². The minimum Gasteiger partial charge on any atom is -0.466 e. The molecule has 2 rings (SSSR count). The molecule has 0 unspecified atom stereocenters. The number of carbonyl (C=O) groups excluding carboxylic acids is 1. The number of ether oxygens (including phenoxy) is 1. The maximum absolute atomic E-state index is 12.6. The molecule has 0 radical (unpaired) electrons. The van der Waals surface area contributed by atoms with Gasteiger partial charge in [-0.15, -0.1) is 35.3 Å². The summed E-state index contributed by atoms with van der Waals surface area (Å²) in [5, 5.41) is 7.87. The summed E-state index contributed by atoms with van der Waals surface area (Å²) in [4.78, 5) is 19.5. The lowest BCUT2D eigenvalue weighted by atomic mass is 9.86. The Morgan fingerprint density at radius 1 is 1.36 bits per heavy atom. The molecule has 11 heteroatoms. The molecule has 0 bridgehead atoms. The van der Waals surface area contributed by atoms with Gasteiger partial charge in [0.25, 0.3) is 0 Å². The number of nitrogens with zero attached hydrogens (tertiary/aromatic N) is 2. The Balaban J connectivity index is 0.00000392. The van der Waals surface area contributed by atoms with Gasteiger partial charge in [-0.1, -0.05) is 0 Å². The zero-order valence-electron chi connectivity index (χ0n) is 15.8. The van der Waals surface area contributed by atoms with Crippen molar-refractivity contribution in [2.75, 3.05) is 20.2 Å². The van der Waals surface area contributed by atoms with Crippen molar-refractivity contribution in [3.05, 3.63) is 16.1 Å². The van der Waals surface area contributed by atoms with E-state index in [1.165, 1.54) is 0 Å². The number of rotatable bonds is 6. The van der Waals surface area contributed by atoms with Crippen LogP contribution in [0.2, 0.25) is 0 Å². The van der Waals surface area contributed by atoms with Crippen molar-refractivity contribution in [3.63, 3.8) is 0 Å². The van der Waals surface area contributed by atoms with Crippen LogP contribution in [-0.4, -0.2) is 43.2 Å². The van der Waals surface area contributed by atoms with E-state index in [0.29, 0.717) is 30.5 Å². The van der Waals surface area contributed by atoms with Crippen molar-refractivity contribution in [3.8, 4) is 0 Å². The van der Waals surface area contributed by atoms with Gasteiger partial charge >= 0.3 is 12.1 Å². The molecule has 1 aliphatic carbocycles. The molecule has 1 fully saturated rings. The van der Waals surface area contributed by atoms with E-state index in [0.717, 1.165) is 42.4 Å². The van der Waals surface area contributed by atoms with Crippen LogP contribution in [0.4, 0.5) is 13.2 Å². The van der Waals surface area contributed by atoms with Gasteiger partial charge in [0.15, 0.2) is 11.7 Å². The third kappa shape index (κ3) is 7.72. The van der Waals surface area contributed by atoms with Crippen LogP contribution in [0.3, 0.4) is 0 Å². The van der Waals surface area contributed by atoms with Gasteiger partial charge in [0.2, 0.25) is 0 Å². The molecule has 0 aromatic carbocycles. The number of esters is 1. The highest BCUT2D eigenvalue weighted by molar-refractivity contribution is 14.0. The smallest absolute Gasteiger partial charge is 0.434 e. The fraction of sp³-hybridized carbons (Fsp3) is 0.706. The molecule has 1 heterocycles. The topological polar surface area (TPSA) is 75.6 Å². The lowest BCUT2D eigenvalue weighted by Crippen LogP contribution is -2.45. The van der Waals surface area contributed by atoms with Gasteiger partial charge in [0, 0.05) is 31.4 Å². The molecule has 1 saturated carbocycles. The minimum absolute atomic E-state index is 0. The number of carbonyl (C=O) groups is 1. The van der Waals surface area contributed by atoms with Crippen molar-refractivity contribution in [2.45, 2.75) is 51.2 Å². The number of nitrogens with one attached hydrogen (secondary N) is 2. The summed E-state index contributed by atoms with van der Waals surface area (Å²) in [7, 11) is 1.64. The third-order valence-corrected chi connectivity index (χ3v) is 5.29. The Labute approximate surface area is 183 Å². The molecule has 160 valence electrons. The second-order valence-electron chi connectivity index (χ2n) is 6.32. The molecular formula is C17H26F3IN4O2S. The summed E-state index contributed by atoms with van der Waals surface area (Å²) in [6, 6.07) is 0.207. The number of aliphatic imine (C=N–C) groups is 1. The van der Waals surface area contributed by atoms with E-state index in [4.69, 9.17) is 4.74 Å². The zero-order chi connectivity index (χ0) is 19.9. The molecule has 6 nitrogen and oxygen atoms in total. The van der Waals surface area contributed by atoms with Crippen molar-refractivity contribution in [1.29, 1.82) is 0 Å². The van der Waals surface area contributed by atoms with Crippen LogP contribution in [-0.2, 0) is 22.1 Å². The van der Waals surface area contributed by atoms with Gasteiger partial charge in [0.1, 0.15) is 0 Å². The SMILES string of the molecule is CCOC(=O)C1CCC(NC(=NC)NCCc2nc(C(F)(F)F)cs2)CC1.I. The Morgan fingerprint density at radius 2 is 2.04 bits per heavy atom. The molecule has 2 N–H and O–H groups in total. The number of halogens is 4. The normalized spacial score (nSPS) is 20.2. The standard InChI is InChI=1S/C17H25F3N4O2S.HI/c1-3-26-15(25)11-4-6-12(7-5-11)23-16(21-2)22-9-8-14-24-13(10-27-14)17(18,19)20;/h10-12H,3-9H2,1-2H3,(H2,21,22,23);1H. The van der Waals surface area contributed by atoms with Gasteiger partial charge < -0.3 is 15.4 Å². The fourth-order valence-corrected chi connectivity index (χ4v) is 3.77. The van der Waals surface area contributed by atoms with E-state index in [1.807, 2.05) is 0 Å². The average Bonchev–Trinajstić information content (AvgIpc) is 3.11. The second kappa shape index (κ2) is 11.8. The molecule has 0 amide bonds. The van der Waals surface area contributed by atoms with E-state index in [1.54, 1.807) is 14.0 Å². The second-order valence-corrected chi connectivity index (χ2v) is 7.26. The van der Waals surface area contributed by atoms with Crippen LogP contribution in [0.25, 0.3) is 0 Å². The summed E-state index contributed by atoms with van der Waals surface area (Å²) < 4.78 is 42.7. The molecular weight excluding hydrogens is 508 g/mol. The molecule has 0 atom stereocenters. The summed E-state index contributed by atoms with van der Waals surface area (Å²) in [5.74, 6) is 0.438. The lowest BCUT2D eigenvalue weighted by molar-refractivity contribution is -0.149. The Hall–Kier alpha value is -1.11. The van der Waals surface area contributed by atoms with Gasteiger partial charge in [0.05, 0.1) is 17.5 Å². The van der Waals surface area contributed by atoms with Crippen LogP contribution in [0.15, 0.2) is 10.4 Å². The number of thiazole rings is 1. The highest BCUT2D eigenvalue weighted by Crippen LogP contribution is 2.30. The Kier molecular flexibility index (Phi) is 10.5. The summed E-state index contributed by atoms with van der Waals surface area (Å²) in [6.45, 7) is 2.64. The summed E-state index contributed by atoms with van der Waals surface area (Å²) >= 11 is 1.00. The predicted molar refractivity (Wildman–Crippen MR) is 113 cm³/mol. The predicted octanol–water partition coefficient (Wildman–Crippen LogP) is 3.61. The first-order valence-electron chi connectivity index (χ1n) is 8.98. The van der Waals surface area contributed by atoms with Crippen LogP contribution in [0.1, 0.15) is 43.3 Å². The number of hydrogen-bond donors (Lipinski definition) is 2. The van der Waals surface area contributed by atoms with E-state index in [9.17, 15) is 18.0 Å². The summed E-state index contributed by atoms with van der Waals surface area (Å²) in [5.41, 5.74) is -0.844. The highest BCUT2D eigenvalue weighted by atomic mass is 127. The van der Waals surface area contributed by atoms with E-state index in [2.05, 4.69) is 20.6 Å².